The highest BCUT2D eigenvalue weighted by atomic mass is 35.5. The van der Waals surface area contributed by atoms with Gasteiger partial charge in [0.15, 0.2) is 0 Å². The molecule has 0 bridgehead atoms. The fourth-order valence-corrected chi connectivity index (χ4v) is 2.41. The third-order valence-electron chi connectivity index (χ3n) is 3.06. The van der Waals surface area contributed by atoms with Gasteiger partial charge in [0.2, 0.25) is 5.91 Å². The lowest BCUT2D eigenvalue weighted by Gasteiger charge is -2.13. The number of carbonyl (C=O) groups is 1. The lowest BCUT2D eigenvalue weighted by molar-refractivity contribution is -0.114. The third-order valence-corrected chi connectivity index (χ3v) is 3.69. The van der Waals surface area contributed by atoms with E-state index in [1.807, 2.05) is 43.3 Å². The zero-order valence-electron chi connectivity index (χ0n) is 12.4. The van der Waals surface area contributed by atoms with E-state index >= 15 is 0 Å². The maximum Gasteiger partial charge on any atom is 0.243 e. The van der Waals surface area contributed by atoms with Crippen molar-refractivity contribution in [2.24, 2.45) is 0 Å². The summed E-state index contributed by atoms with van der Waals surface area (Å²) in [4.78, 5) is 13.9. The van der Waals surface area contributed by atoms with Gasteiger partial charge in [0.05, 0.1) is 22.3 Å². The fraction of sp³-hybridized carbons (Fsp3) is 0.188. The van der Waals surface area contributed by atoms with Gasteiger partial charge in [0.1, 0.15) is 0 Å². The molecular weight excluding hydrogens is 321 g/mol. The molecule has 1 amide bonds. The molecule has 0 radical (unpaired) electrons. The highest BCUT2D eigenvalue weighted by Gasteiger charge is 2.08. The zero-order chi connectivity index (χ0) is 16.1. The highest BCUT2D eigenvalue weighted by molar-refractivity contribution is 6.39. The summed E-state index contributed by atoms with van der Waals surface area (Å²) in [6, 6.07) is 12.8. The van der Waals surface area contributed by atoms with Gasteiger partial charge in [-0.2, -0.15) is 0 Å². The fourth-order valence-electron chi connectivity index (χ4n) is 1.88. The first kappa shape index (κ1) is 16.5. The molecule has 2 rings (SSSR count). The van der Waals surface area contributed by atoms with E-state index < -0.39 is 0 Å². The molecule has 0 unspecified atom stereocenters. The van der Waals surface area contributed by atoms with Crippen LogP contribution in [0.3, 0.4) is 0 Å². The molecule has 2 aromatic carbocycles. The van der Waals surface area contributed by atoms with E-state index in [2.05, 4.69) is 10.6 Å². The van der Waals surface area contributed by atoms with Gasteiger partial charge in [-0.1, -0.05) is 29.3 Å². The van der Waals surface area contributed by atoms with Gasteiger partial charge in [-0.15, -0.1) is 0 Å². The Morgan fingerprint density at radius 2 is 1.64 bits per heavy atom. The lowest BCUT2D eigenvalue weighted by Crippen LogP contribution is -2.22. The summed E-state index contributed by atoms with van der Waals surface area (Å²) < 4.78 is 0. The molecule has 116 valence electrons. The number of amides is 1. The molecule has 0 aromatic heterocycles. The van der Waals surface area contributed by atoms with Gasteiger partial charge in [-0.25, -0.2) is 0 Å². The van der Waals surface area contributed by atoms with E-state index in [-0.39, 0.29) is 12.5 Å². The normalized spacial score (nSPS) is 10.2. The van der Waals surface area contributed by atoms with Crippen LogP contribution in [0, 0.1) is 0 Å². The predicted octanol–water partition coefficient (Wildman–Crippen LogP) is 4.11. The number of anilines is 3. The summed E-state index contributed by atoms with van der Waals surface area (Å²) >= 11 is 12.1. The van der Waals surface area contributed by atoms with Gasteiger partial charge in [-0.3, -0.25) is 4.79 Å². The Morgan fingerprint density at radius 1 is 1.05 bits per heavy atom. The van der Waals surface area contributed by atoms with Crippen molar-refractivity contribution < 1.29 is 4.79 Å². The number of benzene rings is 2. The third kappa shape index (κ3) is 4.29. The molecule has 0 spiro atoms. The second kappa shape index (κ2) is 7.38. The Morgan fingerprint density at radius 3 is 2.18 bits per heavy atom. The van der Waals surface area contributed by atoms with E-state index in [4.69, 9.17) is 23.2 Å². The van der Waals surface area contributed by atoms with E-state index in [9.17, 15) is 4.79 Å². The number of nitrogens with zero attached hydrogens (tertiary/aromatic N) is 1. The molecule has 2 N–H and O–H groups in total. The number of rotatable bonds is 5. The average molecular weight is 338 g/mol. The Hall–Kier alpha value is -1.91. The molecule has 2 aromatic rings. The molecule has 0 heterocycles. The summed E-state index contributed by atoms with van der Waals surface area (Å²) in [6.07, 6.45) is 0. The molecular formula is C16H17Cl2N3O. The number of hydrogen-bond donors (Lipinski definition) is 2. The van der Waals surface area contributed by atoms with Crippen molar-refractivity contribution in [2.45, 2.75) is 0 Å². The van der Waals surface area contributed by atoms with Crippen molar-refractivity contribution in [1.82, 2.24) is 0 Å². The first-order valence-electron chi connectivity index (χ1n) is 6.72. The molecule has 0 aliphatic rings. The molecule has 0 aliphatic carbocycles. The van der Waals surface area contributed by atoms with Crippen LogP contribution >= 0.6 is 23.2 Å². The van der Waals surface area contributed by atoms with Crippen LogP contribution in [0.2, 0.25) is 10.0 Å². The van der Waals surface area contributed by atoms with Crippen LogP contribution in [0.15, 0.2) is 42.5 Å². The smallest absolute Gasteiger partial charge is 0.243 e. The number of hydrogen-bond acceptors (Lipinski definition) is 3. The van der Waals surface area contributed by atoms with Crippen LogP contribution in [-0.4, -0.2) is 26.5 Å². The van der Waals surface area contributed by atoms with Crippen LogP contribution in [0.5, 0.6) is 0 Å². The Kier molecular flexibility index (Phi) is 5.52. The van der Waals surface area contributed by atoms with Crippen molar-refractivity contribution in [3.05, 3.63) is 52.5 Å². The van der Waals surface area contributed by atoms with Crippen molar-refractivity contribution in [1.29, 1.82) is 0 Å². The van der Waals surface area contributed by atoms with Crippen LogP contribution in [0.4, 0.5) is 17.1 Å². The van der Waals surface area contributed by atoms with E-state index in [1.165, 1.54) is 0 Å². The lowest BCUT2D eigenvalue weighted by atomic mass is 10.2. The van der Waals surface area contributed by atoms with Crippen LogP contribution in [0.1, 0.15) is 0 Å². The summed E-state index contributed by atoms with van der Waals surface area (Å²) in [6.45, 7) is 0.0822. The zero-order valence-corrected chi connectivity index (χ0v) is 13.9. The van der Waals surface area contributed by atoms with Crippen molar-refractivity contribution >= 4 is 46.2 Å². The van der Waals surface area contributed by atoms with Crippen molar-refractivity contribution in [3.63, 3.8) is 0 Å². The summed E-state index contributed by atoms with van der Waals surface area (Å²) in [5.74, 6) is -0.173. The van der Waals surface area contributed by atoms with Gasteiger partial charge >= 0.3 is 0 Å². The molecule has 0 fully saturated rings. The van der Waals surface area contributed by atoms with Crippen LogP contribution < -0.4 is 15.5 Å². The maximum atomic E-state index is 12.0. The standard InChI is InChI=1S/C16H17Cl2N3O/c1-21(2)12-8-6-11(7-9-12)20-15(22)10-19-16-13(17)4-3-5-14(16)18/h3-9,19H,10H2,1-2H3,(H,20,22). The Labute approximate surface area is 140 Å². The highest BCUT2D eigenvalue weighted by Crippen LogP contribution is 2.29. The SMILES string of the molecule is CN(C)c1ccc(NC(=O)CNc2c(Cl)cccc2Cl)cc1. The minimum Gasteiger partial charge on any atom is -0.378 e. The quantitative estimate of drug-likeness (QED) is 0.862. The second-order valence-electron chi connectivity index (χ2n) is 4.94. The molecule has 6 heteroatoms. The average Bonchev–Trinajstić information content (AvgIpc) is 2.47. The van der Waals surface area contributed by atoms with Crippen molar-refractivity contribution in [2.75, 3.05) is 36.2 Å². The van der Waals surface area contributed by atoms with E-state index in [1.54, 1.807) is 18.2 Å². The number of halogens is 2. The molecule has 0 atom stereocenters. The summed E-state index contributed by atoms with van der Waals surface area (Å²) in [5.41, 5.74) is 2.37. The largest absolute Gasteiger partial charge is 0.378 e. The first-order chi connectivity index (χ1) is 10.5. The van der Waals surface area contributed by atoms with Gasteiger partial charge in [0, 0.05) is 25.5 Å². The number of carbonyl (C=O) groups excluding carboxylic acids is 1. The van der Waals surface area contributed by atoms with E-state index in [0.29, 0.717) is 15.7 Å². The van der Waals surface area contributed by atoms with Crippen molar-refractivity contribution in [3.8, 4) is 0 Å². The first-order valence-corrected chi connectivity index (χ1v) is 7.48. The molecule has 0 saturated heterocycles. The van der Waals surface area contributed by atoms with Crippen LogP contribution in [-0.2, 0) is 4.79 Å². The van der Waals surface area contributed by atoms with Crippen LogP contribution in [0.25, 0.3) is 0 Å². The molecule has 0 saturated carbocycles. The molecule has 22 heavy (non-hydrogen) atoms. The van der Waals surface area contributed by atoms with Gasteiger partial charge in [-0.05, 0) is 36.4 Å². The minimum absolute atomic E-state index is 0.0822. The monoisotopic (exact) mass is 337 g/mol. The summed E-state index contributed by atoms with van der Waals surface area (Å²) in [5, 5.41) is 6.72. The van der Waals surface area contributed by atoms with Gasteiger partial charge in [0.25, 0.3) is 0 Å². The number of para-hydroxylation sites is 1. The summed E-state index contributed by atoms with van der Waals surface area (Å²) in [7, 11) is 3.93. The van der Waals surface area contributed by atoms with Gasteiger partial charge < -0.3 is 15.5 Å². The Bertz CT molecular complexity index is 637. The molecule has 4 nitrogen and oxygen atoms in total. The topological polar surface area (TPSA) is 44.4 Å². The Balaban J connectivity index is 1.93. The minimum atomic E-state index is -0.173. The second-order valence-corrected chi connectivity index (χ2v) is 5.75. The predicted molar refractivity (Wildman–Crippen MR) is 94.4 cm³/mol. The molecule has 0 aliphatic heterocycles. The number of nitrogens with one attached hydrogen (secondary N) is 2. The maximum absolute atomic E-state index is 12.0. The van der Waals surface area contributed by atoms with E-state index in [0.717, 1.165) is 11.4 Å².